The molecular weight excluding hydrogens is 378 g/mol. The summed E-state index contributed by atoms with van der Waals surface area (Å²) in [6.07, 6.45) is -0.112. The molecule has 0 saturated carbocycles. The third-order valence-electron chi connectivity index (χ3n) is 5.14. The number of ether oxygens (including phenoxy) is 2. The molecule has 0 saturated heterocycles. The van der Waals surface area contributed by atoms with E-state index in [-0.39, 0.29) is 18.6 Å². The van der Waals surface area contributed by atoms with Crippen LogP contribution in [0.25, 0.3) is 11.0 Å². The van der Waals surface area contributed by atoms with Gasteiger partial charge in [-0.15, -0.1) is 0 Å². The van der Waals surface area contributed by atoms with Crippen LogP contribution in [0.4, 0.5) is 0 Å². The first kappa shape index (κ1) is 18.2. The van der Waals surface area contributed by atoms with Gasteiger partial charge in [-0.1, -0.05) is 54.6 Å². The van der Waals surface area contributed by atoms with Crippen LogP contribution in [0.15, 0.2) is 78.9 Å². The highest BCUT2D eigenvalue weighted by atomic mass is 16.6. The third-order valence-corrected chi connectivity index (χ3v) is 5.14. The molecular formula is C24H21N3O3. The van der Waals surface area contributed by atoms with Gasteiger partial charge in [-0.05, 0) is 36.2 Å². The molecule has 1 unspecified atom stereocenters. The Labute approximate surface area is 173 Å². The summed E-state index contributed by atoms with van der Waals surface area (Å²) in [4.78, 5) is 21.1. The normalized spacial score (nSPS) is 16.2. The first-order valence-corrected chi connectivity index (χ1v) is 9.94. The second-order valence-electron chi connectivity index (χ2n) is 7.25. The number of benzene rings is 3. The van der Waals surface area contributed by atoms with E-state index in [0.29, 0.717) is 23.7 Å². The molecule has 4 aromatic rings. The van der Waals surface area contributed by atoms with Crippen molar-refractivity contribution in [3.63, 3.8) is 0 Å². The van der Waals surface area contributed by atoms with Gasteiger partial charge in [-0.25, -0.2) is 4.98 Å². The topological polar surface area (TPSA) is 76.2 Å². The number of aromatic amines is 1. The van der Waals surface area contributed by atoms with Gasteiger partial charge in [0, 0.05) is 0 Å². The van der Waals surface area contributed by atoms with Crippen LogP contribution < -0.4 is 14.8 Å². The fourth-order valence-corrected chi connectivity index (χ4v) is 3.62. The number of para-hydroxylation sites is 4. The molecule has 0 fully saturated rings. The van der Waals surface area contributed by atoms with Crippen molar-refractivity contribution in [1.82, 2.24) is 15.3 Å². The number of fused-ring (bicyclic) bond motifs is 2. The van der Waals surface area contributed by atoms with Gasteiger partial charge in [-0.3, -0.25) is 4.79 Å². The monoisotopic (exact) mass is 399 g/mol. The number of rotatable bonds is 5. The van der Waals surface area contributed by atoms with Crippen molar-refractivity contribution < 1.29 is 14.3 Å². The lowest BCUT2D eigenvalue weighted by atomic mass is 10.0. The van der Waals surface area contributed by atoms with Crippen molar-refractivity contribution in [2.24, 2.45) is 0 Å². The van der Waals surface area contributed by atoms with Crippen LogP contribution >= 0.6 is 0 Å². The van der Waals surface area contributed by atoms with E-state index in [1.807, 2.05) is 72.8 Å². The number of carbonyl (C=O) groups excluding carboxylic acids is 1. The van der Waals surface area contributed by atoms with E-state index in [2.05, 4.69) is 10.3 Å². The lowest BCUT2D eigenvalue weighted by molar-refractivity contribution is -0.131. The number of hydrogen-bond acceptors (Lipinski definition) is 4. The maximum absolute atomic E-state index is 13.0. The molecule has 0 aliphatic carbocycles. The molecule has 150 valence electrons. The molecule has 1 aromatic heterocycles. The van der Waals surface area contributed by atoms with Crippen molar-refractivity contribution in [3.05, 3.63) is 90.3 Å². The number of H-pyrrole nitrogens is 1. The Morgan fingerprint density at radius 2 is 1.73 bits per heavy atom. The Hall–Kier alpha value is -3.80. The van der Waals surface area contributed by atoms with Gasteiger partial charge < -0.3 is 19.8 Å². The molecule has 6 heteroatoms. The highest BCUT2D eigenvalue weighted by molar-refractivity contribution is 5.82. The molecule has 1 amide bonds. The van der Waals surface area contributed by atoms with E-state index in [1.54, 1.807) is 6.07 Å². The molecule has 2 atom stereocenters. The van der Waals surface area contributed by atoms with Crippen LogP contribution in [-0.4, -0.2) is 28.6 Å². The zero-order valence-corrected chi connectivity index (χ0v) is 16.2. The van der Waals surface area contributed by atoms with E-state index < -0.39 is 6.10 Å². The Morgan fingerprint density at radius 3 is 2.57 bits per heavy atom. The first-order chi connectivity index (χ1) is 14.8. The van der Waals surface area contributed by atoms with Crippen molar-refractivity contribution in [2.45, 2.75) is 18.6 Å². The number of nitrogens with one attached hydrogen (secondary N) is 2. The minimum absolute atomic E-state index is 0.168. The van der Waals surface area contributed by atoms with E-state index >= 15 is 0 Å². The zero-order chi connectivity index (χ0) is 20.3. The van der Waals surface area contributed by atoms with Gasteiger partial charge in [0.1, 0.15) is 12.4 Å². The lowest BCUT2D eigenvalue weighted by Crippen LogP contribution is -2.45. The number of aromatic nitrogens is 2. The fourth-order valence-electron chi connectivity index (χ4n) is 3.62. The summed E-state index contributed by atoms with van der Waals surface area (Å²) in [6, 6.07) is 24.9. The number of carbonyl (C=O) groups is 1. The van der Waals surface area contributed by atoms with Gasteiger partial charge in [-0.2, -0.15) is 0 Å². The van der Waals surface area contributed by atoms with Gasteiger partial charge in [0.2, 0.25) is 6.10 Å². The van der Waals surface area contributed by atoms with Gasteiger partial charge in [0.15, 0.2) is 11.5 Å². The Kier molecular flexibility index (Phi) is 4.81. The van der Waals surface area contributed by atoms with Crippen LogP contribution in [0.5, 0.6) is 11.5 Å². The molecule has 2 N–H and O–H groups in total. The molecule has 2 heterocycles. The Bertz CT molecular complexity index is 1140. The van der Waals surface area contributed by atoms with E-state index in [4.69, 9.17) is 14.5 Å². The number of nitrogens with zero attached hydrogens (tertiary/aromatic N) is 1. The minimum Gasteiger partial charge on any atom is -0.485 e. The fraction of sp³-hybridized carbons (Fsp3) is 0.167. The predicted molar refractivity (Wildman–Crippen MR) is 113 cm³/mol. The average molecular weight is 399 g/mol. The van der Waals surface area contributed by atoms with Crippen LogP contribution in [0.1, 0.15) is 17.4 Å². The highest BCUT2D eigenvalue weighted by Gasteiger charge is 2.30. The lowest BCUT2D eigenvalue weighted by Gasteiger charge is -2.27. The second kappa shape index (κ2) is 7.91. The van der Waals surface area contributed by atoms with Crippen LogP contribution in [0, 0.1) is 0 Å². The summed E-state index contributed by atoms with van der Waals surface area (Å²) < 4.78 is 11.6. The summed E-state index contributed by atoms with van der Waals surface area (Å²) in [5.41, 5.74) is 2.91. The Balaban J connectivity index is 1.39. The number of hydrogen-bond donors (Lipinski definition) is 2. The molecule has 5 rings (SSSR count). The minimum atomic E-state index is -0.720. The van der Waals surface area contributed by atoms with E-state index in [1.165, 1.54) is 0 Å². The third kappa shape index (κ3) is 3.72. The molecule has 1 aliphatic heterocycles. The molecule has 1 aliphatic rings. The van der Waals surface area contributed by atoms with Crippen molar-refractivity contribution in [1.29, 1.82) is 0 Å². The zero-order valence-electron chi connectivity index (χ0n) is 16.2. The average Bonchev–Trinajstić information content (AvgIpc) is 3.23. The molecule has 3 aromatic carbocycles. The summed E-state index contributed by atoms with van der Waals surface area (Å²) in [5, 5.41) is 3.11. The highest BCUT2D eigenvalue weighted by Crippen LogP contribution is 2.31. The van der Waals surface area contributed by atoms with Gasteiger partial charge in [0.05, 0.1) is 17.1 Å². The molecule has 0 spiro atoms. The first-order valence-electron chi connectivity index (χ1n) is 9.94. The maximum atomic E-state index is 13.0. The SMILES string of the molecule is O=C(N[C@@H](Cc1ccccc1)c1nc2ccccc2[nH]1)C1COc2ccccc2O1. The van der Waals surface area contributed by atoms with Crippen LogP contribution in [-0.2, 0) is 11.2 Å². The summed E-state index contributed by atoms with van der Waals surface area (Å²) >= 11 is 0. The Morgan fingerprint density at radius 1 is 1.00 bits per heavy atom. The molecule has 0 bridgehead atoms. The largest absolute Gasteiger partial charge is 0.485 e. The van der Waals surface area contributed by atoms with Crippen LogP contribution in [0.3, 0.4) is 0 Å². The standard InChI is InChI=1S/C24H21N3O3/c28-24(22-15-29-20-12-6-7-13-21(20)30-22)27-19(14-16-8-2-1-3-9-16)23-25-17-10-4-5-11-18(17)26-23/h1-13,19,22H,14-15H2,(H,25,26)(H,27,28)/t19-,22?/m0/s1. The summed E-state index contributed by atoms with van der Waals surface area (Å²) in [7, 11) is 0. The number of imidazole rings is 1. The van der Waals surface area contributed by atoms with E-state index in [0.717, 1.165) is 16.6 Å². The smallest absolute Gasteiger partial charge is 0.265 e. The van der Waals surface area contributed by atoms with Gasteiger partial charge in [0.25, 0.3) is 5.91 Å². The summed E-state index contributed by atoms with van der Waals surface area (Å²) in [5.74, 6) is 1.71. The molecule has 6 nitrogen and oxygen atoms in total. The van der Waals surface area contributed by atoms with E-state index in [9.17, 15) is 4.79 Å². The van der Waals surface area contributed by atoms with Crippen molar-refractivity contribution in [2.75, 3.05) is 6.61 Å². The molecule has 30 heavy (non-hydrogen) atoms. The maximum Gasteiger partial charge on any atom is 0.265 e. The number of amides is 1. The van der Waals surface area contributed by atoms with Crippen molar-refractivity contribution >= 4 is 16.9 Å². The molecule has 0 radical (unpaired) electrons. The van der Waals surface area contributed by atoms with Crippen LogP contribution in [0.2, 0.25) is 0 Å². The van der Waals surface area contributed by atoms with Gasteiger partial charge >= 0.3 is 0 Å². The summed E-state index contributed by atoms with van der Waals surface area (Å²) in [6.45, 7) is 0.168. The quantitative estimate of drug-likeness (QED) is 0.535. The predicted octanol–water partition coefficient (Wildman–Crippen LogP) is 3.80. The van der Waals surface area contributed by atoms with Crippen molar-refractivity contribution in [3.8, 4) is 11.5 Å². The second-order valence-corrected chi connectivity index (χ2v) is 7.25.